The molecule has 0 spiro atoms. The number of hydrogen-bond acceptors (Lipinski definition) is 2. The molecule has 0 fully saturated rings. The summed E-state index contributed by atoms with van der Waals surface area (Å²) in [6.07, 6.45) is 12.8. The molecule has 0 aliphatic carbocycles. The van der Waals surface area contributed by atoms with Gasteiger partial charge < -0.3 is 9.47 Å². The van der Waals surface area contributed by atoms with Gasteiger partial charge in [0.2, 0.25) is 0 Å². The van der Waals surface area contributed by atoms with Crippen molar-refractivity contribution in [2.45, 2.75) is 20.0 Å². The maximum atomic E-state index is 5.37. The molecule has 0 aromatic rings. The van der Waals surface area contributed by atoms with Crippen LogP contribution in [0.15, 0.2) is 24.3 Å². The number of ether oxygens (including phenoxy) is 2. The molecule has 1 aliphatic rings. The number of terminal acetylenes is 1. The first kappa shape index (κ1) is 13.0. The quantitative estimate of drug-likeness (QED) is 0.550. The zero-order valence-corrected chi connectivity index (χ0v) is 8.90. The van der Waals surface area contributed by atoms with E-state index in [9.17, 15) is 0 Å². The molecule has 1 unspecified atom stereocenters. The lowest BCUT2D eigenvalue weighted by molar-refractivity contribution is 0.0374. The molecule has 0 saturated heterocycles. The summed E-state index contributed by atoms with van der Waals surface area (Å²) in [4.78, 5) is 0. The Hall–Kier alpha value is -1.04. The van der Waals surface area contributed by atoms with E-state index in [0.717, 1.165) is 0 Å². The maximum Gasteiger partial charge on any atom is 0.0731 e. The summed E-state index contributed by atoms with van der Waals surface area (Å²) in [7, 11) is 0. The third-order valence-corrected chi connectivity index (χ3v) is 1.45. The van der Waals surface area contributed by atoms with E-state index in [1.54, 1.807) is 6.92 Å². The van der Waals surface area contributed by atoms with Crippen LogP contribution in [0.5, 0.6) is 0 Å². The first-order valence-corrected chi connectivity index (χ1v) is 4.71. The van der Waals surface area contributed by atoms with E-state index in [-0.39, 0.29) is 6.10 Å². The molecule has 0 aromatic heterocycles. The summed E-state index contributed by atoms with van der Waals surface area (Å²) in [5.74, 6) is 2.25. The normalized spacial score (nSPS) is 26.2. The minimum atomic E-state index is 0.196. The third-order valence-electron chi connectivity index (χ3n) is 1.45. The molecular formula is C12H18O2. The highest BCUT2D eigenvalue weighted by atomic mass is 16.5. The van der Waals surface area contributed by atoms with E-state index in [0.29, 0.717) is 19.8 Å². The molecular weight excluding hydrogens is 176 g/mol. The first-order valence-electron chi connectivity index (χ1n) is 4.71. The van der Waals surface area contributed by atoms with Gasteiger partial charge >= 0.3 is 0 Å². The zero-order chi connectivity index (χ0) is 10.6. The van der Waals surface area contributed by atoms with Crippen LogP contribution in [0.2, 0.25) is 0 Å². The molecule has 1 aliphatic heterocycles. The van der Waals surface area contributed by atoms with Crippen LogP contribution in [0.4, 0.5) is 0 Å². The topological polar surface area (TPSA) is 18.5 Å². The smallest absolute Gasteiger partial charge is 0.0731 e. The molecule has 0 bridgehead atoms. The Bertz CT molecular complexity index is 211. The minimum absolute atomic E-state index is 0.196. The standard InChI is InChI=1S/C9H14O2.C3H4/c1-9-5-3-2-4-6-10-7-8-11-9;1-3-2/h2-5,9H,6-8H2,1H3;1H,2H3/b4-2-,5-3-;. The van der Waals surface area contributed by atoms with Gasteiger partial charge in [-0.15, -0.1) is 12.3 Å². The summed E-state index contributed by atoms with van der Waals surface area (Å²) in [5.41, 5.74) is 0. The van der Waals surface area contributed by atoms with Crippen molar-refractivity contribution in [3.8, 4) is 12.3 Å². The molecule has 0 amide bonds. The van der Waals surface area contributed by atoms with E-state index in [4.69, 9.17) is 9.47 Å². The second-order valence-electron chi connectivity index (χ2n) is 2.75. The minimum Gasteiger partial charge on any atom is -0.375 e. The van der Waals surface area contributed by atoms with Gasteiger partial charge in [0.25, 0.3) is 0 Å². The Balaban J connectivity index is 0.000000500. The van der Waals surface area contributed by atoms with Crippen molar-refractivity contribution in [2.24, 2.45) is 0 Å². The Morgan fingerprint density at radius 3 is 2.79 bits per heavy atom. The monoisotopic (exact) mass is 194 g/mol. The van der Waals surface area contributed by atoms with Crippen LogP contribution in [-0.4, -0.2) is 25.9 Å². The Labute approximate surface area is 86.6 Å². The van der Waals surface area contributed by atoms with Crippen LogP contribution in [0.1, 0.15) is 13.8 Å². The van der Waals surface area contributed by atoms with E-state index < -0.39 is 0 Å². The first-order chi connectivity index (χ1) is 6.81. The van der Waals surface area contributed by atoms with Gasteiger partial charge in [-0.3, -0.25) is 0 Å². The van der Waals surface area contributed by atoms with Crippen LogP contribution in [-0.2, 0) is 9.47 Å². The summed E-state index contributed by atoms with van der Waals surface area (Å²) in [5, 5.41) is 0. The predicted molar refractivity (Wildman–Crippen MR) is 59.0 cm³/mol. The van der Waals surface area contributed by atoms with Crippen LogP contribution in [0, 0.1) is 12.3 Å². The zero-order valence-electron chi connectivity index (χ0n) is 8.90. The summed E-state index contributed by atoms with van der Waals surface area (Å²) in [6, 6.07) is 0. The molecule has 78 valence electrons. The number of hydrogen-bond donors (Lipinski definition) is 0. The van der Waals surface area contributed by atoms with Crippen molar-refractivity contribution in [3.63, 3.8) is 0 Å². The molecule has 0 saturated carbocycles. The largest absolute Gasteiger partial charge is 0.375 e. The van der Waals surface area contributed by atoms with E-state index in [1.807, 2.05) is 31.2 Å². The van der Waals surface area contributed by atoms with Crippen molar-refractivity contribution in [1.82, 2.24) is 0 Å². The number of rotatable bonds is 0. The molecule has 0 aromatic carbocycles. The van der Waals surface area contributed by atoms with Crippen molar-refractivity contribution in [1.29, 1.82) is 0 Å². The molecule has 2 heteroatoms. The van der Waals surface area contributed by atoms with E-state index in [2.05, 4.69) is 12.3 Å². The third kappa shape index (κ3) is 9.05. The Kier molecular flexibility index (Phi) is 9.30. The summed E-state index contributed by atoms with van der Waals surface area (Å²) >= 11 is 0. The van der Waals surface area contributed by atoms with Crippen molar-refractivity contribution >= 4 is 0 Å². The highest BCUT2D eigenvalue weighted by Gasteiger charge is 1.95. The highest BCUT2D eigenvalue weighted by Crippen LogP contribution is 1.95. The fraction of sp³-hybridized carbons (Fsp3) is 0.500. The van der Waals surface area contributed by atoms with E-state index >= 15 is 0 Å². The molecule has 0 radical (unpaired) electrons. The fourth-order valence-corrected chi connectivity index (χ4v) is 0.855. The second kappa shape index (κ2) is 10.0. The van der Waals surface area contributed by atoms with Crippen LogP contribution < -0.4 is 0 Å². The van der Waals surface area contributed by atoms with Gasteiger partial charge in [0.1, 0.15) is 0 Å². The average molecular weight is 194 g/mol. The van der Waals surface area contributed by atoms with Gasteiger partial charge in [-0.05, 0) is 13.8 Å². The lowest BCUT2D eigenvalue weighted by Gasteiger charge is -2.09. The molecule has 1 rings (SSSR count). The van der Waals surface area contributed by atoms with Gasteiger partial charge in [-0.2, -0.15) is 0 Å². The molecule has 1 heterocycles. The average Bonchev–Trinajstić information content (AvgIpc) is 2.17. The fourth-order valence-electron chi connectivity index (χ4n) is 0.855. The van der Waals surface area contributed by atoms with Crippen LogP contribution in [0.3, 0.4) is 0 Å². The van der Waals surface area contributed by atoms with Crippen LogP contribution in [0.25, 0.3) is 0 Å². The molecule has 2 nitrogen and oxygen atoms in total. The van der Waals surface area contributed by atoms with Gasteiger partial charge in [-0.25, -0.2) is 0 Å². The van der Waals surface area contributed by atoms with Crippen molar-refractivity contribution in [2.75, 3.05) is 19.8 Å². The lowest BCUT2D eigenvalue weighted by atomic mass is 10.3. The highest BCUT2D eigenvalue weighted by molar-refractivity contribution is 5.04. The molecule has 0 N–H and O–H groups in total. The van der Waals surface area contributed by atoms with Crippen LogP contribution >= 0.6 is 0 Å². The maximum absolute atomic E-state index is 5.37. The van der Waals surface area contributed by atoms with Crippen molar-refractivity contribution < 1.29 is 9.47 Å². The second-order valence-corrected chi connectivity index (χ2v) is 2.75. The SMILES string of the molecule is C#CC.CC1/C=C\C=C/COCCO1. The van der Waals surface area contributed by atoms with Gasteiger partial charge in [0.15, 0.2) is 0 Å². The number of allylic oxidation sites excluding steroid dienone is 2. The van der Waals surface area contributed by atoms with Gasteiger partial charge in [-0.1, -0.05) is 24.3 Å². The lowest BCUT2D eigenvalue weighted by Crippen LogP contribution is -2.11. The summed E-state index contributed by atoms with van der Waals surface area (Å²) < 4.78 is 10.6. The van der Waals surface area contributed by atoms with Gasteiger partial charge in [0, 0.05) is 0 Å². The molecule has 1 atom stereocenters. The van der Waals surface area contributed by atoms with Gasteiger partial charge in [0.05, 0.1) is 25.9 Å². The summed E-state index contributed by atoms with van der Waals surface area (Å²) in [6.45, 7) is 5.72. The Morgan fingerprint density at radius 1 is 1.36 bits per heavy atom. The molecule has 14 heavy (non-hydrogen) atoms. The Morgan fingerprint density at radius 2 is 2.07 bits per heavy atom. The van der Waals surface area contributed by atoms with E-state index in [1.165, 1.54) is 0 Å². The van der Waals surface area contributed by atoms with Crippen molar-refractivity contribution in [3.05, 3.63) is 24.3 Å². The predicted octanol–water partition coefficient (Wildman–Crippen LogP) is 2.17.